The van der Waals surface area contributed by atoms with Crippen molar-refractivity contribution in [1.29, 1.82) is 0 Å². The van der Waals surface area contributed by atoms with Crippen molar-refractivity contribution in [3.63, 3.8) is 0 Å². The number of aromatic nitrogens is 6. The van der Waals surface area contributed by atoms with Gasteiger partial charge in [0.15, 0.2) is 0 Å². The molecule has 0 saturated heterocycles. The molecule has 0 unspecified atom stereocenters. The maximum absolute atomic E-state index is 13.6. The lowest BCUT2D eigenvalue weighted by atomic mass is 9.80. The lowest BCUT2D eigenvalue weighted by molar-refractivity contribution is 0.171. The van der Waals surface area contributed by atoms with Crippen LogP contribution < -0.4 is 38.2 Å². The summed E-state index contributed by atoms with van der Waals surface area (Å²) in [6.45, 7) is 4.03. The first-order valence-corrected chi connectivity index (χ1v) is 29.2. The molecule has 0 radical (unpaired) electrons. The number of ether oxygens (including phenoxy) is 1. The summed E-state index contributed by atoms with van der Waals surface area (Å²) >= 11 is 7.01. The molecule has 21 heteroatoms. The molecule has 0 aliphatic carbocycles. The summed E-state index contributed by atoms with van der Waals surface area (Å²) in [5.74, 6) is 1.72. The number of amides is 1. The molecule has 438 valence electrons. The summed E-state index contributed by atoms with van der Waals surface area (Å²) in [7, 11) is -0.236. The normalized spacial score (nSPS) is 10.6. The summed E-state index contributed by atoms with van der Waals surface area (Å²) in [6, 6.07) is 53.6. The number of rotatable bonds is 18. The summed E-state index contributed by atoms with van der Waals surface area (Å²) < 4.78 is 32.5. The zero-order chi connectivity index (χ0) is 60.6. The number of hydrogen-bond acceptors (Lipinski definition) is 15. The molecule has 0 saturated carbocycles. The summed E-state index contributed by atoms with van der Waals surface area (Å²) in [6.07, 6.45) is 7.45. The smallest absolute Gasteiger partial charge is 0.453 e. The van der Waals surface area contributed by atoms with Crippen molar-refractivity contribution in [2.24, 2.45) is 11.5 Å². The number of nitrogens with one attached hydrogen (secondary N) is 4. The van der Waals surface area contributed by atoms with Crippen molar-refractivity contribution in [2.75, 3.05) is 62.3 Å². The molecule has 11 aromatic rings. The van der Waals surface area contributed by atoms with Crippen LogP contribution in [0.5, 0.6) is 0 Å². The number of benzene rings is 5. The molecule has 0 fully saturated rings. The highest BCUT2D eigenvalue weighted by Gasteiger charge is 2.14. The molecule has 0 spiro atoms. The molecular weight excluding hydrogens is 1220 g/mol. The molecule has 10 N–H and O–H groups in total. The van der Waals surface area contributed by atoms with E-state index in [1.54, 1.807) is 24.7 Å². The van der Waals surface area contributed by atoms with Crippen molar-refractivity contribution in [3.8, 4) is 44.9 Å². The molecule has 86 heavy (non-hydrogen) atoms. The van der Waals surface area contributed by atoms with Gasteiger partial charge in [-0.25, -0.2) is 28.5 Å². The summed E-state index contributed by atoms with van der Waals surface area (Å²) in [4.78, 5) is 38.9. The Kier molecular flexibility index (Phi) is 23.8. The fourth-order valence-electron chi connectivity index (χ4n) is 8.74. The number of hydrogen-bond donors (Lipinski definition) is 8. The number of nitrogens with zero attached hydrogens (tertiary/aromatic N) is 6. The Bertz CT molecular complexity index is 4020. The molecule has 0 aliphatic heterocycles. The maximum Gasteiger partial charge on any atom is 0.488 e. The number of pyridine rings is 6. The van der Waals surface area contributed by atoms with Crippen LogP contribution in [0.15, 0.2) is 203 Å². The Labute approximate surface area is 514 Å². The van der Waals surface area contributed by atoms with Crippen LogP contribution >= 0.6 is 31.9 Å². The molecule has 0 bridgehead atoms. The molecule has 0 aliphatic rings. The molecule has 6 aromatic heterocycles. The van der Waals surface area contributed by atoms with Crippen LogP contribution in [-0.2, 0) is 4.74 Å². The van der Waals surface area contributed by atoms with Gasteiger partial charge in [-0.1, -0.05) is 98.6 Å². The fraction of sp³-hybridized carbons (Fsp3) is 0.154. The molecule has 0 atom stereocenters. The van der Waals surface area contributed by atoms with Crippen molar-refractivity contribution in [2.45, 2.75) is 19.3 Å². The van der Waals surface area contributed by atoms with Gasteiger partial charge in [0.05, 0.1) is 40.7 Å². The minimum absolute atomic E-state index is 0.167. The average molecular weight is 1280 g/mol. The molecule has 5 aromatic carbocycles. The van der Waals surface area contributed by atoms with E-state index >= 15 is 0 Å². The van der Waals surface area contributed by atoms with E-state index in [0.717, 1.165) is 142 Å². The van der Waals surface area contributed by atoms with Gasteiger partial charge >= 0.3 is 13.2 Å². The average Bonchev–Trinajstić information content (AvgIpc) is 1.65. The topological polar surface area (TPSA) is 244 Å². The van der Waals surface area contributed by atoms with Crippen LogP contribution in [0.1, 0.15) is 19.3 Å². The van der Waals surface area contributed by atoms with Crippen LogP contribution in [0.25, 0.3) is 77.6 Å². The van der Waals surface area contributed by atoms with Gasteiger partial charge in [0.2, 0.25) is 0 Å². The third-order valence-corrected chi connectivity index (χ3v) is 13.9. The molecular formula is C65H63BBr2F2N12O4. The minimum Gasteiger partial charge on any atom is -0.453 e. The lowest BCUT2D eigenvalue weighted by Gasteiger charge is -2.12. The lowest BCUT2D eigenvalue weighted by Crippen LogP contribution is -2.29. The largest absolute Gasteiger partial charge is 0.488 e. The van der Waals surface area contributed by atoms with Gasteiger partial charge in [-0.05, 0) is 158 Å². The number of nitrogens with two attached hydrogens (primary N) is 2. The van der Waals surface area contributed by atoms with E-state index < -0.39 is 19.0 Å². The third kappa shape index (κ3) is 18.3. The molecule has 6 heterocycles. The van der Waals surface area contributed by atoms with E-state index in [-0.39, 0.29) is 11.3 Å². The molecule has 11 rings (SSSR count). The van der Waals surface area contributed by atoms with E-state index in [0.29, 0.717) is 26.2 Å². The van der Waals surface area contributed by atoms with E-state index in [9.17, 15) is 13.6 Å². The summed E-state index contributed by atoms with van der Waals surface area (Å²) in [5.41, 5.74) is 21.4. The zero-order valence-corrected chi connectivity index (χ0v) is 50.1. The zero-order valence-electron chi connectivity index (χ0n) is 47.0. The van der Waals surface area contributed by atoms with Crippen molar-refractivity contribution in [1.82, 2.24) is 35.2 Å². The van der Waals surface area contributed by atoms with E-state index in [1.807, 2.05) is 127 Å². The van der Waals surface area contributed by atoms with Crippen LogP contribution in [0.3, 0.4) is 0 Å². The van der Waals surface area contributed by atoms with Gasteiger partial charge in [-0.3, -0.25) is 15.0 Å². The van der Waals surface area contributed by atoms with Crippen molar-refractivity contribution >= 4 is 101 Å². The summed E-state index contributed by atoms with van der Waals surface area (Å²) in [5, 5.41) is 32.8. The van der Waals surface area contributed by atoms with E-state index in [2.05, 4.69) is 78.9 Å². The van der Waals surface area contributed by atoms with Crippen LogP contribution in [0.2, 0.25) is 0 Å². The number of carbonyl (C=O) groups excluding carboxylic acids is 1. The monoisotopic (exact) mass is 1280 g/mol. The van der Waals surface area contributed by atoms with Crippen LogP contribution in [0, 0.1) is 11.6 Å². The maximum atomic E-state index is 13.6. The number of alkyl carbamates (subject to hydrolysis) is 1. The van der Waals surface area contributed by atoms with Gasteiger partial charge in [0.25, 0.3) is 0 Å². The van der Waals surface area contributed by atoms with E-state index in [4.69, 9.17) is 36.5 Å². The second-order valence-corrected chi connectivity index (χ2v) is 21.0. The molecule has 1 amide bonds. The number of fused-ring (bicyclic) bond motifs is 3. The highest BCUT2D eigenvalue weighted by molar-refractivity contribution is 9.10. The Morgan fingerprint density at radius 3 is 1.29 bits per heavy atom. The fourth-order valence-corrected chi connectivity index (χ4v) is 9.54. The number of carbonyl (C=O) groups is 1. The Morgan fingerprint density at radius 1 is 0.488 bits per heavy atom. The molecule has 16 nitrogen and oxygen atoms in total. The standard InChI is InChI=1S/C23H21FN4.C19H19BrN4O2.C17H17BrN4.C6H6BFO2/c24-19-8-2-6-17(14-19)16-5-1-7-18(13-16)21-15-22-20(9-3-11-26-22)23(28-21)27-12-4-10-25;1-26-19(25)23-10-4-9-22-18-15-7-3-8-21-17(15)12-16(24-18)13-5-2-6-14(20)11-13;18-13-5-1-4-12(10-13)15-11-16-14(6-2-8-20-16)17(22-15)21-9-3-7-19;8-6-3-1-2-5(4-6)7(9)10/h1-3,5-9,11,13-15H,4,10,12,25H2,(H,27,28);2-3,5-8,11-12H,4,9-10H2,1H3,(H,22,24)(H,23,25);1-2,4-6,8,10-11H,3,7,9,19H2,(H,21,22);1-4,9-10H. The predicted molar refractivity (Wildman–Crippen MR) is 350 cm³/mol. The Balaban J connectivity index is 0.000000156. The van der Waals surface area contributed by atoms with Gasteiger partial charge in [0.1, 0.15) is 29.1 Å². The number of halogens is 4. The number of anilines is 3. The van der Waals surface area contributed by atoms with E-state index in [1.165, 1.54) is 37.4 Å². The van der Waals surface area contributed by atoms with Gasteiger partial charge in [0, 0.05) is 86.6 Å². The second kappa shape index (κ2) is 32.5. The first-order chi connectivity index (χ1) is 41.9. The van der Waals surface area contributed by atoms with Crippen molar-refractivity contribution < 1.29 is 28.4 Å². The minimum atomic E-state index is -1.59. The SMILES string of the molecule is COC(=O)NCCCNc1nc(-c2cccc(Br)c2)cc2ncccc12.NCCCNc1nc(-c2cccc(-c3cccc(F)c3)c2)cc2ncccc12.NCCCNc1nc(-c2cccc(Br)c2)cc2ncccc12.OB(O)c1cccc(F)c1. The number of methoxy groups -OCH3 is 1. The van der Waals surface area contributed by atoms with Crippen LogP contribution in [-0.4, -0.2) is 99.5 Å². The highest BCUT2D eigenvalue weighted by Crippen LogP contribution is 2.32. The van der Waals surface area contributed by atoms with Crippen molar-refractivity contribution in [3.05, 3.63) is 215 Å². The third-order valence-electron chi connectivity index (χ3n) is 12.9. The highest BCUT2D eigenvalue weighted by atomic mass is 79.9. The van der Waals surface area contributed by atoms with Gasteiger partial charge in [-0.15, -0.1) is 0 Å². The van der Waals surface area contributed by atoms with Gasteiger partial charge in [-0.2, -0.15) is 0 Å². The quantitative estimate of drug-likeness (QED) is 0.0294. The Morgan fingerprint density at radius 2 is 0.884 bits per heavy atom. The second-order valence-electron chi connectivity index (χ2n) is 19.2. The predicted octanol–water partition coefficient (Wildman–Crippen LogP) is 12.4. The van der Waals surface area contributed by atoms with Crippen LogP contribution in [0.4, 0.5) is 31.0 Å². The van der Waals surface area contributed by atoms with Gasteiger partial charge < -0.3 is 47.5 Å². The first kappa shape index (κ1) is 63.2. The Hall–Kier alpha value is -8.83. The first-order valence-electron chi connectivity index (χ1n) is 27.6.